The molecule has 1 aromatic heterocycles. The highest BCUT2D eigenvalue weighted by molar-refractivity contribution is 5.58. The van der Waals surface area contributed by atoms with Crippen LogP contribution in [0, 0.1) is 0 Å². The molecule has 17 heavy (non-hydrogen) atoms. The molecule has 0 fully saturated rings. The van der Waals surface area contributed by atoms with E-state index in [4.69, 9.17) is 0 Å². The van der Waals surface area contributed by atoms with E-state index in [9.17, 15) is 0 Å². The molecule has 0 aliphatic carbocycles. The molecule has 90 valence electrons. The van der Waals surface area contributed by atoms with Crippen molar-refractivity contribution < 1.29 is 0 Å². The van der Waals surface area contributed by atoms with Gasteiger partial charge in [0.25, 0.3) is 0 Å². The molecule has 0 aliphatic heterocycles. The average Bonchev–Trinajstić information content (AvgIpc) is 2.42. The fourth-order valence-corrected chi connectivity index (χ4v) is 1.53. The van der Waals surface area contributed by atoms with Crippen LogP contribution in [0.25, 0.3) is 11.3 Å². The van der Waals surface area contributed by atoms with E-state index in [0.717, 1.165) is 5.69 Å². The highest BCUT2D eigenvalue weighted by Crippen LogP contribution is 2.19. The number of benzene rings is 1. The van der Waals surface area contributed by atoms with Crippen molar-refractivity contribution in [1.29, 1.82) is 0 Å². The van der Waals surface area contributed by atoms with Gasteiger partial charge in [-0.1, -0.05) is 64.1 Å². The van der Waals surface area contributed by atoms with Crippen molar-refractivity contribution in [3.05, 3.63) is 54.2 Å². The quantitative estimate of drug-likeness (QED) is 0.711. The number of nitrogens with zero attached hydrogens (tertiary/aromatic N) is 1. The summed E-state index contributed by atoms with van der Waals surface area (Å²) in [5, 5.41) is 0. The van der Waals surface area contributed by atoms with Crippen LogP contribution in [0.1, 0.15) is 39.2 Å². The first kappa shape index (κ1) is 13.4. The van der Waals surface area contributed by atoms with Crippen molar-refractivity contribution >= 4 is 0 Å². The van der Waals surface area contributed by atoms with E-state index >= 15 is 0 Å². The molecule has 1 nitrogen and oxygen atoms in total. The summed E-state index contributed by atoms with van der Waals surface area (Å²) in [6, 6.07) is 14.5. The van der Waals surface area contributed by atoms with Gasteiger partial charge in [-0.3, -0.25) is 4.98 Å². The minimum absolute atomic E-state index is 0.544. The van der Waals surface area contributed by atoms with Gasteiger partial charge in [0.1, 0.15) is 0 Å². The smallest absolute Gasteiger partial charge is 0.0702 e. The highest BCUT2D eigenvalue weighted by atomic mass is 14.7. The zero-order valence-corrected chi connectivity index (χ0v) is 11.1. The van der Waals surface area contributed by atoms with Gasteiger partial charge in [-0.15, -0.1) is 0 Å². The standard InChI is InChI=1S/C14H15N.C2H6/c1-11(2)13-8-9-14(15-10-13)12-6-4-3-5-7-12;1-2/h3-11H,1-2H3;1-2H3. The van der Waals surface area contributed by atoms with E-state index in [-0.39, 0.29) is 0 Å². The van der Waals surface area contributed by atoms with Crippen molar-refractivity contribution in [2.45, 2.75) is 33.6 Å². The van der Waals surface area contributed by atoms with Crippen LogP contribution in [0.4, 0.5) is 0 Å². The summed E-state index contributed by atoms with van der Waals surface area (Å²) in [4.78, 5) is 4.47. The SMILES string of the molecule is CC.CC(C)c1ccc(-c2ccccc2)nc1. The summed E-state index contributed by atoms with van der Waals surface area (Å²) in [6.07, 6.45) is 1.97. The molecule has 1 heterocycles. The number of hydrogen-bond donors (Lipinski definition) is 0. The maximum atomic E-state index is 4.47. The predicted molar refractivity (Wildman–Crippen MR) is 75.1 cm³/mol. The van der Waals surface area contributed by atoms with E-state index < -0.39 is 0 Å². The molecule has 0 aliphatic rings. The Hall–Kier alpha value is -1.63. The lowest BCUT2D eigenvalue weighted by molar-refractivity contribution is 0.859. The van der Waals surface area contributed by atoms with Crippen molar-refractivity contribution in [2.75, 3.05) is 0 Å². The molecule has 2 rings (SSSR count). The maximum Gasteiger partial charge on any atom is 0.0702 e. The van der Waals surface area contributed by atoms with Crippen LogP contribution in [0.2, 0.25) is 0 Å². The molecule has 0 atom stereocenters. The molecule has 0 radical (unpaired) electrons. The summed E-state index contributed by atoms with van der Waals surface area (Å²) in [7, 11) is 0. The molecule has 0 amide bonds. The zero-order chi connectivity index (χ0) is 12.7. The van der Waals surface area contributed by atoms with Gasteiger partial charge in [0.2, 0.25) is 0 Å². The lowest BCUT2D eigenvalue weighted by Crippen LogP contribution is -1.89. The first-order chi connectivity index (χ1) is 8.27. The van der Waals surface area contributed by atoms with Crippen molar-refractivity contribution in [1.82, 2.24) is 4.98 Å². The molecular weight excluding hydrogens is 206 g/mol. The van der Waals surface area contributed by atoms with E-state index in [2.05, 4.69) is 43.1 Å². The second-order valence-corrected chi connectivity index (χ2v) is 4.00. The third-order valence-electron chi connectivity index (χ3n) is 2.52. The number of aromatic nitrogens is 1. The van der Waals surface area contributed by atoms with Crippen LogP contribution >= 0.6 is 0 Å². The zero-order valence-electron chi connectivity index (χ0n) is 11.1. The van der Waals surface area contributed by atoms with Crippen molar-refractivity contribution in [3.63, 3.8) is 0 Å². The van der Waals surface area contributed by atoms with Crippen LogP contribution in [0.5, 0.6) is 0 Å². The lowest BCUT2D eigenvalue weighted by Gasteiger charge is -2.05. The van der Waals surface area contributed by atoms with Crippen molar-refractivity contribution in [3.8, 4) is 11.3 Å². The Morgan fingerprint density at radius 1 is 0.882 bits per heavy atom. The van der Waals surface area contributed by atoms with Gasteiger partial charge in [0.05, 0.1) is 5.69 Å². The maximum absolute atomic E-state index is 4.47. The Morgan fingerprint density at radius 3 is 2.00 bits per heavy atom. The summed E-state index contributed by atoms with van der Waals surface area (Å²) in [5.74, 6) is 0.544. The minimum Gasteiger partial charge on any atom is -0.256 e. The van der Waals surface area contributed by atoms with E-state index in [0.29, 0.717) is 5.92 Å². The van der Waals surface area contributed by atoms with Crippen molar-refractivity contribution in [2.24, 2.45) is 0 Å². The lowest BCUT2D eigenvalue weighted by atomic mass is 10.0. The van der Waals surface area contributed by atoms with Crippen LogP contribution < -0.4 is 0 Å². The Kier molecular flexibility index (Phi) is 5.41. The molecule has 0 spiro atoms. The second kappa shape index (κ2) is 6.85. The Balaban J connectivity index is 0.000000686. The third kappa shape index (κ3) is 3.70. The van der Waals surface area contributed by atoms with Gasteiger partial charge in [-0.25, -0.2) is 0 Å². The Morgan fingerprint density at radius 2 is 1.53 bits per heavy atom. The summed E-state index contributed by atoms with van der Waals surface area (Å²) < 4.78 is 0. The van der Waals surface area contributed by atoms with E-state index in [1.807, 2.05) is 38.2 Å². The Bertz CT molecular complexity index is 415. The van der Waals surface area contributed by atoms with Gasteiger partial charge in [-0.2, -0.15) is 0 Å². The summed E-state index contributed by atoms with van der Waals surface area (Å²) in [6.45, 7) is 8.36. The van der Waals surface area contributed by atoms with Gasteiger partial charge in [0, 0.05) is 11.8 Å². The van der Waals surface area contributed by atoms with Crippen LogP contribution in [0.3, 0.4) is 0 Å². The second-order valence-electron chi connectivity index (χ2n) is 4.00. The molecule has 1 aromatic carbocycles. The molecule has 0 bridgehead atoms. The number of pyridine rings is 1. The number of hydrogen-bond acceptors (Lipinski definition) is 1. The first-order valence-electron chi connectivity index (χ1n) is 6.29. The monoisotopic (exact) mass is 227 g/mol. The Labute approximate surface area is 105 Å². The van der Waals surface area contributed by atoms with E-state index in [1.54, 1.807) is 0 Å². The van der Waals surface area contributed by atoms with Crippen LogP contribution in [-0.4, -0.2) is 4.98 Å². The largest absolute Gasteiger partial charge is 0.256 e. The molecular formula is C16H21N. The van der Waals surface area contributed by atoms with Crippen LogP contribution in [0.15, 0.2) is 48.7 Å². The first-order valence-corrected chi connectivity index (χ1v) is 6.29. The summed E-state index contributed by atoms with van der Waals surface area (Å²) in [5.41, 5.74) is 3.50. The molecule has 0 saturated carbocycles. The van der Waals surface area contributed by atoms with Gasteiger partial charge >= 0.3 is 0 Å². The molecule has 0 unspecified atom stereocenters. The van der Waals surface area contributed by atoms with Gasteiger partial charge in [-0.05, 0) is 17.5 Å². The fraction of sp³-hybridized carbons (Fsp3) is 0.312. The highest BCUT2D eigenvalue weighted by Gasteiger charge is 2.01. The van der Waals surface area contributed by atoms with Gasteiger partial charge < -0.3 is 0 Å². The molecule has 2 aromatic rings. The third-order valence-corrected chi connectivity index (χ3v) is 2.52. The van der Waals surface area contributed by atoms with Gasteiger partial charge in [0.15, 0.2) is 0 Å². The van der Waals surface area contributed by atoms with E-state index in [1.165, 1.54) is 11.1 Å². The fourth-order valence-electron chi connectivity index (χ4n) is 1.53. The van der Waals surface area contributed by atoms with Crippen LogP contribution in [-0.2, 0) is 0 Å². The average molecular weight is 227 g/mol. The molecule has 0 N–H and O–H groups in total. The minimum atomic E-state index is 0.544. The summed E-state index contributed by atoms with van der Waals surface area (Å²) >= 11 is 0. The molecule has 0 saturated heterocycles. The number of rotatable bonds is 2. The molecule has 1 heteroatoms. The normalized spacial score (nSPS) is 9.71. The predicted octanol–water partition coefficient (Wildman–Crippen LogP) is 4.90. The topological polar surface area (TPSA) is 12.9 Å².